The molecular weight excluding hydrogens is 556 g/mol. The van der Waals surface area contributed by atoms with Crippen LogP contribution in [0, 0.1) is 11.3 Å². The second kappa shape index (κ2) is 12.9. The Balaban J connectivity index is 1.53. The highest BCUT2D eigenvalue weighted by Gasteiger charge is 2.12. The molecule has 0 saturated heterocycles. The molecule has 2 heterocycles. The number of ether oxygens (including phenoxy) is 3. The quantitative estimate of drug-likeness (QED) is 0.154. The molecule has 0 unspecified atom stereocenters. The Kier molecular flexibility index (Phi) is 8.93. The third-order valence-corrected chi connectivity index (χ3v) is 5.48. The van der Waals surface area contributed by atoms with Crippen LogP contribution in [0.3, 0.4) is 0 Å². The van der Waals surface area contributed by atoms with Gasteiger partial charge in [-0.15, -0.1) is 0 Å². The summed E-state index contributed by atoms with van der Waals surface area (Å²) in [6.45, 7) is 0.280. The number of nitrogens with one attached hydrogen (secondary N) is 3. The lowest BCUT2D eigenvalue weighted by molar-refractivity contribution is 0.327. The van der Waals surface area contributed by atoms with E-state index >= 15 is 0 Å². The number of hydrogen-bond acceptors (Lipinski definition) is 12. The van der Waals surface area contributed by atoms with Crippen molar-refractivity contribution >= 4 is 45.7 Å². The molecule has 0 spiro atoms. The predicted octanol–water partition coefficient (Wildman–Crippen LogP) is 4.95. The van der Waals surface area contributed by atoms with Crippen LogP contribution >= 0.6 is 15.9 Å². The largest absolute Gasteiger partial charge is 0.497 e. The van der Waals surface area contributed by atoms with Crippen molar-refractivity contribution in [1.82, 2.24) is 15.0 Å². The third kappa shape index (κ3) is 7.11. The number of hydrazone groups is 1. The van der Waals surface area contributed by atoms with Gasteiger partial charge in [-0.1, -0.05) is 0 Å². The minimum Gasteiger partial charge on any atom is -0.497 e. The first-order valence-corrected chi connectivity index (χ1v) is 12.0. The molecule has 12 nitrogen and oxygen atoms in total. The van der Waals surface area contributed by atoms with Gasteiger partial charge in [-0.05, 0) is 70.0 Å². The van der Waals surface area contributed by atoms with Gasteiger partial charge in [0.05, 0.1) is 37.7 Å². The first-order valence-electron chi connectivity index (χ1n) is 11.2. The second-order valence-electron chi connectivity index (χ2n) is 7.44. The molecule has 4 rings (SSSR count). The molecule has 38 heavy (non-hydrogen) atoms. The van der Waals surface area contributed by atoms with Crippen LogP contribution in [0.2, 0.25) is 0 Å². The molecule has 2 aromatic carbocycles. The van der Waals surface area contributed by atoms with Gasteiger partial charge in [-0.2, -0.15) is 25.3 Å². The van der Waals surface area contributed by atoms with Crippen LogP contribution in [0.4, 0.5) is 23.5 Å². The van der Waals surface area contributed by atoms with E-state index in [-0.39, 0.29) is 12.6 Å². The summed E-state index contributed by atoms with van der Waals surface area (Å²) in [5.74, 6) is 3.15. The zero-order chi connectivity index (χ0) is 26.7. The second-order valence-corrected chi connectivity index (χ2v) is 8.30. The van der Waals surface area contributed by atoms with Crippen LogP contribution in [-0.2, 0) is 6.54 Å². The van der Waals surface area contributed by atoms with Gasteiger partial charge >= 0.3 is 0 Å². The fraction of sp³-hybridized carbons (Fsp3) is 0.160. The molecular formula is C25H23BrN8O4. The number of rotatable bonds is 12. The summed E-state index contributed by atoms with van der Waals surface area (Å²) < 4.78 is 22.0. The van der Waals surface area contributed by atoms with Gasteiger partial charge < -0.3 is 29.3 Å². The average Bonchev–Trinajstić information content (AvgIpc) is 3.45. The molecule has 2 aromatic heterocycles. The first-order chi connectivity index (χ1) is 18.6. The van der Waals surface area contributed by atoms with Crippen LogP contribution in [-0.4, -0.2) is 42.0 Å². The number of halogens is 1. The number of hydrogen-bond donors (Lipinski definition) is 3. The Labute approximate surface area is 226 Å². The number of benzene rings is 2. The van der Waals surface area contributed by atoms with Gasteiger partial charge in [0.25, 0.3) is 0 Å². The lowest BCUT2D eigenvalue weighted by Crippen LogP contribution is -2.09. The summed E-state index contributed by atoms with van der Waals surface area (Å²) in [6, 6.07) is 16.4. The maximum atomic E-state index is 8.79. The van der Waals surface area contributed by atoms with Gasteiger partial charge in [0.2, 0.25) is 17.8 Å². The molecule has 0 amide bonds. The van der Waals surface area contributed by atoms with E-state index in [0.29, 0.717) is 40.0 Å². The highest BCUT2D eigenvalue weighted by molar-refractivity contribution is 9.10. The van der Waals surface area contributed by atoms with E-state index in [4.69, 9.17) is 23.9 Å². The Morgan fingerprint density at radius 2 is 1.84 bits per heavy atom. The van der Waals surface area contributed by atoms with Crippen LogP contribution < -0.4 is 30.3 Å². The number of aromatic nitrogens is 3. The minimum absolute atomic E-state index is 0.105. The van der Waals surface area contributed by atoms with Crippen molar-refractivity contribution in [2.24, 2.45) is 5.10 Å². The molecule has 0 aliphatic carbocycles. The number of methoxy groups -OCH3 is 2. The maximum Gasteiger partial charge on any atom is 0.250 e. The van der Waals surface area contributed by atoms with Crippen LogP contribution in [0.5, 0.6) is 17.2 Å². The van der Waals surface area contributed by atoms with E-state index in [1.54, 1.807) is 37.8 Å². The Morgan fingerprint density at radius 1 is 1.05 bits per heavy atom. The van der Waals surface area contributed by atoms with Crippen LogP contribution in [0.1, 0.15) is 11.3 Å². The molecule has 0 radical (unpaired) electrons. The smallest absolute Gasteiger partial charge is 0.250 e. The molecule has 194 valence electrons. The molecule has 0 aliphatic rings. The molecule has 13 heteroatoms. The van der Waals surface area contributed by atoms with Crippen molar-refractivity contribution in [1.29, 1.82) is 5.26 Å². The van der Waals surface area contributed by atoms with Gasteiger partial charge in [0.15, 0.2) is 18.1 Å². The van der Waals surface area contributed by atoms with Gasteiger partial charge in [0.1, 0.15) is 17.6 Å². The van der Waals surface area contributed by atoms with Crippen LogP contribution in [0.25, 0.3) is 0 Å². The molecule has 0 aliphatic heterocycles. The van der Waals surface area contributed by atoms with E-state index in [1.807, 2.05) is 36.4 Å². The molecule has 0 atom stereocenters. The van der Waals surface area contributed by atoms with Crippen molar-refractivity contribution < 1.29 is 18.6 Å². The Hall–Kier alpha value is -4.83. The number of nitriles is 1. The van der Waals surface area contributed by atoms with E-state index in [0.717, 1.165) is 17.2 Å². The summed E-state index contributed by atoms with van der Waals surface area (Å²) in [5.41, 5.74) is 4.29. The van der Waals surface area contributed by atoms with Crippen molar-refractivity contribution in [3.8, 4) is 23.3 Å². The Bertz CT molecular complexity index is 1420. The fourth-order valence-corrected chi connectivity index (χ4v) is 3.74. The lowest BCUT2D eigenvalue weighted by atomic mass is 10.2. The van der Waals surface area contributed by atoms with E-state index in [1.165, 1.54) is 7.11 Å². The van der Waals surface area contributed by atoms with Gasteiger partial charge in [-0.25, -0.2) is 5.43 Å². The van der Waals surface area contributed by atoms with Crippen molar-refractivity contribution in [3.05, 3.63) is 70.6 Å². The summed E-state index contributed by atoms with van der Waals surface area (Å²) >= 11 is 3.44. The standard InChI is InChI=1S/C25H23BrN8O4/c1-35-18-7-5-17(6-8-18)30-24-31-23(28-15-19-4-3-10-37-19)32-25(33-24)34-29-14-16-12-20(26)22(38-11-9-27)21(13-16)36-2/h3-8,10,12-14H,11,15H2,1-2H3,(H3,28,30,31,32,33,34)/b29-14-. The fourth-order valence-electron chi connectivity index (χ4n) is 3.17. The molecule has 3 N–H and O–H groups in total. The van der Waals surface area contributed by atoms with E-state index in [2.05, 4.69) is 52.0 Å². The van der Waals surface area contributed by atoms with Gasteiger partial charge in [0, 0.05) is 5.69 Å². The highest BCUT2D eigenvalue weighted by Crippen LogP contribution is 2.36. The van der Waals surface area contributed by atoms with Crippen LogP contribution in [0.15, 0.2) is 68.8 Å². The van der Waals surface area contributed by atoms with E-state index < -0.39 is 0 Å². The lowest BCUT2D eigenvalue weighted by Gasteiger charge is -2.11. The zero-order valence-electron chi connectivity index (χ0n) is 20.4. The van der Waals surface area contributed by atoms with Crippen molar-refractivity contribution in [2.75, 3.05) is 36.9 Å². The zero-order valence-corrected chi connectivity index (χ0v) is 22.0. The molecule has 4 aromatic rings. The maximum absolute atomic E-state index is 8.79. The number of nitrogens with zero attached hydrogens (tertiary/aromatic N) is 5. The summed E-state index contributed by atoms with van der Waals surface area (Å²) in [4.78, 5) is 13.2. The summed E-state index contributed by atoms with van der Waals surface area (Å²) in [6.07, 6.45) is 3.16. The average molecular weight is 579 g/mol. The van der Waals surface area contributed by atoms with Gasteiger partial charge in [-0.3, -0.25) is 0 Å². The molecule has 0 saturated carbocycles. The third-order valence-electron chi connectivity index (χ3n) is 4.89. The Morgan fingerprint density at radius 3 is 2.55 bits per heavy atom. The van der Waals surface area contributed by atoms with Crippen molar-refractivity contribution in [3.63, 3.8) is 0 Å². The highest BCUT2D eigenvalue weighted by atomic mass is 79.9. The van der Waals surface area contributed by atoms with Crippen molar-refractivity contribution in [2.45, 2.75) is 6.54 Å². The summed E-state index contributed by atoms with van der Waals surface area (Å²) in [5, 5.41) is 19.3. The monoisotopic (exact) mass is 578 g/mol. The van der Waals surface area contributed by atoms with E-state index in [9.17, 15) is 0 Å². The normalized spacial score (nSPS) is 10.6. The predicted molar refractivity (Wildman–Crippen MR) is 145 cm³/mol. The number of furan rings is 1. The number of anilines is 4. The molecule has 0 fully saturated rings. The topological polar surface area (TPSA) is 152 Å². The minimum atomic E-state index is -0.105. The first kappa shape index (κ1) is 26.2. The molecule has 0 bridgehead atoms. The SMILES string of the molecule is COc1ccc(Nc2nc(NCc3ccco3)nc(N/N=C\c3cc(Br)c(OCC#N)c(OC)c3)n2)cc1. The summed E-state index contributed by atoms with van der Waals surface area (Å²) in [7, 11) is 3.12.